The predicted molar refractivity (Wildman–Crippen MR) is 81.3 cm³/mol. The third-order valence-electron chi connectivity index (χ3n) is 2.93. The molecule has 0 unspecified atom stereocenters. The van der Waals surface area contributed by atoms with E-state index in [0.29, 0.717) is 5.71 Å². The lowest BCUT2D eigenvalue weighted by Gasteiger charge is -2.21. The van der Waals surface area contributed by atoms with E-state index in [1.807, 2.05) is 36.4 Å². The van der Waals surface area contributed by atoms with Crippen LogP contribution in [0.15, 0.2) is 53.7 Å². The first kappa shape index (κ1) is 12.1. The summed E-state index contributed by atoms with van der Waals surface area (Å²) in [5.41, 5.74) is 3.60. The number of rotatable bonds is 2. The van der Waals surface area contributed by atoms with Gasteiger partial charge in [0.15, 0.2) is 0 Å². The number of hydrogen-bond donors (Lipinski definition) is 0. The molecular formula is C17H20N2. The second-order valence-electron chi connectivity index (χ2n) is 5.54. The first-order valence-electron chi connectivity index (χ1n) is 7.11. The standard InChI is InChI=1S/C17H20N2/c1-13(15-10-7-8-12-18-15)19-16-11-6-5-9-14(16)17(2,3)4/h5-12H,1-4H3/i1D. The van der Waals surface area contributed by atoms with Gasteiger partial charge in [-0.3, -0.25) is 9.98 Å². The Balaban J connectivity index is 2.49. The van der Waals surface area contributed by atoms with Gasteiger partial charge >= 0.3 is 0 Å². The molecule has 1 heterocycles. The zero-order valence-electron chi connectivity index (χ0n) is 12.7. The summed E-state index contributed by atoms with van der Waals surface area (Å²) in [6, 6.07) is 13.8. The van der Waals surface area contributed by atoms with Crippen LogP contribution in [0.25, 0.3) is 0 Å². The Bertz CT molecular complexity index is 598. The Hall–Kier alpha value is -1.96. The molecule has 19 heavy (non-hydrogen) atoms. The molecule has 98 valence electrons. The van der Waals surface area contributed by atoms with E-state index in [9.17, 15) is 0 Å². The fraction of sp³-hybridized carbons (Fsp3) is 0.294. The molecule has 0 bridgehead atoms. The van der Waals surface area contributed by atoms with Crippen LogP contribution < -0.4 is 0 Å². The van der Waals surface area contributed by atoms with Crippen molar-refractivity contribution in [1.29, 1.82) is 0 Å². The number of aliphatic imine (C=N–C) groups is 1. The van der Waals surface area contributed by atoms with Crippen molar-refractivity contribution in [3.05, 3.63) is 59.9 Å². The summed E-state index contributed by atoms with van der Waals surface area (Å²) >= 11 is 0. The summed E-state index contributed by atoms with van der Waals surface area (Å²) in [4.78, 5) is 8.97. The largest absolute Gasteiger partial charge is 0.255 e. The first-order valence-corrected chi connectivity index (χ1v) is 6.40. The summed E-state index contributed by atoms with van der Waals surface area (Å²) in [5.74, 6) is 0. The van der Waals surface area contributed by atoms with Crippen LogP contribution in [0.2, 0.25) is 0 Å². The van der Waals surface area contributed by atoms with Gasteiger partial charge in [-0.15, -0.1) is 0 Å². The van der Waals surface area contributed by atoms with Crippen molar-refractivity contribution >= 4 is 11.4 Å². The first-order chi connectivity index (χ1) is 9.52. The summed E-state index contributed by atoms with van der Waals surface area (Å²) in [6.07, 6.45) is 1.73. The minimum absolute atomic E-state index is 0.0251. The van der Waals surface area contributed by atoms with Crippen LogP contribution in [-0.2, 0) is 5.41 Å². The topological polar surface area (TPSA) is 25.2 Å². The van der Waals surface area contributed by atoms with Crippen molar-refractivity contribution in [2.24, 2.45) is 4.99 Å². The molecule has 0 N–H and O–H groups in total. The molecule has 0 aliphatic carbocycles. The van der Waals surface area contributed by atoms with E-state index in [1.165, 1.54) is 5.56 Å². The highest BCUT2D eigenvalue weighted by Crippen LogP contribution is 2.31. The number of para-hydroxylation sites is 1. The molecule has 0 saturated carbocycles. The molecular weight excluding hydrogens is 232 g/mol. The molecule has 1 aromatic carbocycles. The van der Waals surface area contributed by atoms with Crippen LogP contribution in [0.5, 0.6) is 0 Å². The van der Waals surface area contributed by atoms with Crippen molar-refractivity contribution in [3.63, 3.8) is 0 Å². The number of nitrogens with zero attached hydrogens (tertiary/aromatic N) is 2. The fourth-order valence-electron chi connectivity index (χ4n) is 1.94. The summed E-state index contributed by atoms with van der Waals surface area (Å²) < 4.78 is 7.70. The van der Waals surface area contributed by atoms with Crippen molar-refractivity contribution in [1.82, 2.24) is 4.98 Å². The average molecular weight is 253 g/mol. The second kappa shape index (κ2) is 5.35. The minimum atomic E-state index is 0.0251. The van der Waals surface area contributed by atoms with Crippen molar-refractivity contribution in [2.45, 2.75) is 33.1 Å². The van der Waals surface area contributed by atoms with Crippen LogP contribution in [0.3, 0.4) is 0 Å². The molecule has 0 amide bonds. The fourth-order valence-corrected chi connectivity index (χ4v) is 1.94. The monoisotopic (exact) mass is 253 g/mol. The van der Waals surface area contributed by atoms with Gasteiger partial charge in [-0.05, 0) is 36.1 Å². The van der Waals surface area contributed by atoms with E-state index >= 15 is 0 Å². The summed E-state index contributed by atoms with van der Waals surface area (Å²) in [5, 5.41) is 0. The third-order valence-corrected chi connectivity index (χ3v) is 2.93. The lowest BCUT2D eigenvalue weighted by molar-refractivity contribution is 0.591. The predicted octanol–water partition coefficient (Wildman–Crippen LogP) is 4.52. The van der Waals surface area contributed by atoms with E-state index in [2.05, 4.69) is 36.8 Å². The second-order valence-corrected chi connectivity index (χ2v) is 5.54. The van der Waals surface area contributed by atoms with Crippen LogP contribution in [0.1, 0.15) is 40.3 Å². The van der Waals surface area contributed by atoms with Gasteiger partial charge in [-0.2, -0.15) is 0 Å². The quantitative estimate of drug-likeness (QED) is 0.722. The van der Waals surface area contributed by atoms with Gasteiger partial charge in [0.1, 0.15) is 0 Å². The number of pyridine rings is 1. The van der Waals surface area contributed by atoms with Gasteiger partial charge in [0.05, 0.1) is 17.1 Å². The van der Waals surface area contributed by atoms with Gasteiger partial charge in [-0.1, -0.05) is 45.0 Å². The molecule has 2 aromatic rings. The number of benzene rings is 1. The molecule has 0 fully saturated rings. The Kier molecular flexibility index (Phi) is 3.41. The molecule has 2 rings (SSSR count). The van der Waals surface area contributed by atoms with Gasteiger partial charge in [0.2, 0.25) is 0 Å². The van der Waals surface area contributed by atoms with E-state index in [4.69, 9.17) is 1.37 Å². The Morgan fingerprint density at radius 3 is 2.47 bits per heavy atom. The number of aromatic nitrogens is 1. The van der Waals surface area contributed by atoms with Gasteiger partial charge in [0, 0.05) is 7.57 Å². The maximum atomic E-state index is 7.70. The minimum Gasteiger partial charge on any atom is -0.255 e. The Labute approximate surface area is 116 Å². The zero-order valence-corrected chi connectivity index (χ0v) is 11.7. The van der Waals surface area contributed by atoms with Crippen LogP contribution >= 0.6 is 0 Å². The van der Waals surface area contributed by atoms with Crippen LogP contribution in [-0.4, -0.2) is 10.7 Å². The van der Waals surface area contributed by atoms with Crippen molar-refractivity contribution < 1.29 is 1.37 Å². The highest BCUT2D eigenvalue weighted by atomic mass is 14.8. The third kappa shape index (κ3) is 3.28. The highest BCUT2D eigenvalue weighted by Gasteiger charge is 2.17. The normalized spacial score (nSPS) is 13.2. The SMILES string of the molecule is [2H]CC(=Nc1ccccc1C(C)(C)C)c1ccccn1. The Morgan fingerprint density at radius 1 is 1.11 bits per heavy atom. The number of hydrogen-bond acceptors (Lipinski definition) is 2. The zero-order chi connectivity index (χ0) is 14.6. The van der Waals surface area contributed by atoms with E-state index < -0.39 is 0 Å². The molecule has 0 aliphatic rings. The highest BCUT2D eigenvalue weighted by molar-refractivity contribution is 5.98. The van der Waals surface area contributed by atoms with E-state index in [0.717, 1.165) is 11.4 Å². The van der Waals surface area contributed by atoms with E-state index in [-0.39, 0.29) is 12.3 Å². The smallest absolute Gasteiger partial charge is 0.0841 e. The van der Waals surface area contributed by atoms with Crippen molar-refractivity contribution in [3.8, 4) is 0 Å². The lowest BCUT2D eigenvalue weighted by Crippen LogP contribution is -2.11. The van der Waals surface area contributed by atoms with Gasteiger partial charge in [0.25, 0.3) is 0 Å². The van der Waals surface area contributed by atoms with Crippen LogP contribution in [0.4, 0.5) is 5.69 Å². The Morgan fingerprint density at radius 2 is 1.84 bits per heavy atom. The lowest BCUT2D eigenvalue weighted by atomic mass is 9.86. The maximum Gasteiger partial charge on any atom is 0.0841 e. The molecule has 0 saturated heterocycles. The summed E-state index contributed by atoms with van der Waals surface area (Å²) in [6.45, 7) is 6.63. The molecule has 2 nitrogen and oxygen atoms in total. The van der Waals surface area contributed by atoms with Crippen LogP contribution in [0, 0.1) is 0 Å². The summed E-state index contributed by atoms with van der Waals surface area (Å²) in [7, 11) is 0. The molecule has 2 heteroatoms. The molecule has 0 atom stereocenters. The molecule has 0 aliphatic heterocycles. The average Bonchev–Trinajstić information content (AvgIpc) is 2.45. The van der Waals surface area contributed by atoms with Crippen molar-refractivity contribution in [2.75, 3.05) is 0 Å². The molecule has 0 spiro atoms. The maximum absolute atomic E-state index is 7.70. The van der Waals surface area contributed by atoms with Gasteiger partial charge < -0.3 is 0 Å². The van der Waals surface area contributed by atoms with Gasteiger partial charge in [-0.25, -0.2) is 0 Å². The molecule has 1 aromatic heterocycles. The van der Waals surface area contributed by atoms with E-state index in [1.54, 1.807) is 6.20 Å². The molecule has 0 radical (unpaired) electrons.